The largest absolute Gasteiger partial charge is 0.383 e. The fraction of sp³-hybridized carbons (Fsp3) is 0.917. The lowest BCUT2D eigenvalue weighted by Crippen LogP contribution is -2.51. The van der Waals surface area contributed by atoms with Crippen molar-refractivity contribution in [1.29, 1.82) is 0 Å². The molecule has 0 aromatic rings. The third-order valence-corrected chi connectivity index (χ3v) is 2.91. The van der Waals surface area contributed by atoms with Gasteiger partial charge in [0.15, 0.2) is 0 Å². The highest BCUT2D eigenvalue weighted by atomic mass is 35.5. The van der Waals surface area contributed by atoms with Crippen LogP contribution in [0, 0.1) is 0 Å². The Morgan fingerprint density at radius 2 is 2.15 bits per heavy atom. The predicted molar refractivity (Wildman–Crippen MR) is 83.8 cm³/mol. The number of methoxy groups -OCH3 is 1. The first-order valence-corrected chi connectivity index (χ1v) is 6.33. The highest BCUT2D eigenvalue weighted by Gasteiger charge is 2.26. The van der Waals surface area contributed by atoms with Gasteiger partial charge in [-0.05, 0) is 13.8 Å². The van der Waals surface area contributed by atoms with Gasteiger partial charge in [0.05, 0.1) is 18.8 Å². The molecule has 6 nitrogen and oxygen atoms in total. The maximum absolute atomic E-state index is 11.5. The molecule has 122 valence electrons. The standard InChI is InChI=1S/C12H25N3O3.2ClH/c1-12(2)9-15(6-7-18-12)5-4-14-11(16)10(13)8-17-3;;/h10H,4-9,13H2,1-3H3,(H,14,16);2*1H. The fourth-order valence-electron chi connectivity index (χ4n) is 2.03. The van der Waals surface area contributed by atoms with Crippen molar-refractivity contribution in [2.24, 2.45) is 5.73 Å². The zero-order valence-corrected chi connectivity index (χ0v) is 14.0. The lowest BCUT2D eigenvalue weighted by Gasteiger charge is -2.38. The van der Waals surface area contributed by atoms with E-state index in [1.165, 1.54) is 7.11 Å². The number of nitrogens with two attached hydrogens (primary N) is 1. The van der Waals surface area contributed by atoms with Gasteiger partial charge in [-0.1, -0.05) is 0 Å². The number of nitrogens with zero attached hydrogens (tertiary/aromatic N) is 1. The van der Waals surface area contributed by atoms with Gasteiger partial charge >= 0.3 is 0 Å². The Morgan fingerprint density at radius 3 is 2.70 bits per heavy atom. The summed E-state index contributed by atoms with van der Waals surface area (Å²) in [6.07, 6.45) is 0. The Morgan fingerprint density at radius 1 is 1.50 bits per heavy atom. The van der Waals surface area contributed by atoms with E-state index in [0.717, 1.165) is 26.2 Å². The van der Waals surface area contributed by atoms with Crippen LogP contribution in [0.15, 0.2) is 0 Å². The number of ether oxygens (including phenoxy) is 2. The van der Waals surface area contributed by atoms with E-state index >= 15 is 0 Å². The number of morpholine rings is 1. The Labute approximate surface area is 133 Å². The van der Waals surface area contributed by atoms with Gasteiger partial charge in [0.25, 0.3) is 0 Å². The zero-order chi connectivity index (χ0) is 13.6. The van der Waals surface area contributed by atoms with Gasteiger partial charge in [0.1, 0.15) is 6.04 Å². The fourth-order valence-corrected chi connectivity index (χ4v) is 2.03. The Balaban J connectivity index is 0. The molecule has 0 aliphatic carbocycles. The molecule has 0 spiro atoms. The minimum Gasteiger partial charge on any atom is -0.383 e. The van der Waals surface area contributed by atoms with E-state index in [1.54, 1.807) is 0 Å². The lowest BCUT2D eigenvalue weighted by atomic mass is 10.1. The van der Waals surface area contributed by atoms with E-state index in [-0.39, 0.29) is 42.9 Å². The van der Waals surface area contributed by atoms with Gasteiger partial charge in [-0.3, -0.25) is 9.69 Å². The molecule has 1 rings (SSSR count). The number of carbonyl (C=O) groups excluding carboxylic acids is 1. The average Bonchev–Trinajstić information content (AvgIpc) is 2.28. The molecular weight excluding hydrogens is 305 g/mol. The lowest BCUT2D eigenvalue weighted by molar-refractivity contribution is -0.123. The first-order valence-electron chi connectivity index (χ1n) is 6.33. The van der Waals surface area contributed by atoms with Crippen LogP contribution in [0.25, 0.3) is 0 Å². The van der Waals surface area contributed by atoms with Crippen molar-refractivity contribution in [2.75, 3.05) is 46.5 Å². The molecule has 1 aliphatic rings. The molecule has 1 amide bonds. The quantitative estimate of drug-likeness (QED) is 0.718. The molecule has 20 heavy (non-hydrogen) atoms. The summed E-state index contributed by atoms with van der Waals surface area (Å²) in [5, 5.41) is 2.82. The number of amides is 1. The summed E-state index contributed by atoms with van der Waals surface area (Å²) in [6, 6.07) is -0.587. The first-order chi connectivity index (χ1) is 8.44. The van der Waals surface area contributed by atoms with Crippen molar-refractivity contribution >= 4 is 30.7 Å². The molecule has 1 fully saturated rings. The SMILES string of the molecule is COCC(N)C(=O)NCCN1CCOC(C)(C)C1.Cl.Cl. The molecule has 3 N–H and O–H groups in total. The summed E-state index contributed by atoms with van der Waals surface area (Å²) in [5.41, 5.74) is 5.52. The number of hydrogen-bond donors (Lipinski definition) is 2. The van der Waals surface area contributed by atoms with Gasteiger partial charge in [-0.25, -0.2) is 0 Å². The van der Waals surface area contributed by atoms with Crippen LogP contribution in [-0.4, -0.2) is 69.0 Å². The second-order valence-electron chi connectivity index (χ2n) is 5.24. The van der Waals surface area contributed by atoms with Crippen LogP contribution in [0.4, 0.5) is 0 Å². The van der Waals surface area contributed by atoms with Crippen LogP contribution in [0.3, 0.4) is 0 Å². The molecule has 0 aromatic heterocycles. The van der Waals surface area contributed by atoms with Crippen LogP contribution >= 0.6 is 24.8 Å². The molecule has 1 unspecified atom stereocenters. The van der Waals surface area contributed by atoms with Gasteiger partial charge in [-0.15, -0.1) is 24.8 Å². The Bertz CT molecular complexity index is 281. The monoisotopic (exact) mass is 331 g/mol. The smallest absolute Gasteiger partial charge is 0.239 e. The summed E-state index contributed by atoms with van der Waals surface area (Å²) < 4.78 is 10.5. The number of rotatable bonds is 6. The van der Waals surface area contributed by atoms with E-state index in [0.29, 0.717) is 6.54 Å². The van der Waals surface area contributed by atoms with Crippen molar-refractivity contribution in [3.05, 3.63) is 0 Å². The molecule has 1 saturated heterocycles. The van der Waals surface area contributed by atoms with E-state index in [9.17, 15) is 4.79 Å². The molecule has 0 radical (unpaired) electrons. The van der Waals surface area contributed by atoms with Crippen LogP contribution in [0.5, 0.6) is 0 Å². The minimum atomic E-state index is -0.587. The molecule has 8 heteroatoms. The first kappa shape index (κ1) is 22.2. The molecule has 0 saturated carbocycles. The molecule has 1 atom stereocenters. The van der Waals surface area contributed by atoms with Crippen molar-refractivity contribution < 1.29 is 14.3 Å². The van der Waals surface area contributed by atoms with Crippen LogP contribution in [-0.2, 0) is 14.3 Å². The topological polar surface area (TPSA) is 76.8 Å². The highest BCUT2D eigenvalue weighted by molar-refractivity contribution is 5.85. The summed E-state index contributed by atoms with van der Waals surface area (Å²) in [5.74, 6) is -0.163. The van der Waals surface area contributed by atoms with E-state index in [1.807, 2.05) is 0 Å². The zero-order valence-electron chi connectivity index (χ0n) is 12.4. The van der Waals surface area contributed by atoms with Crippen molar-refractivity contribution in [2.45, 2.75) is 25.5 Å². The molecule has 1 aliphatic heterocycles. The van der Waals surface area contributed by atoms with E-state index in [4.69, 9.17) is 15.2 Å². The second kappa shape index (κ2) is 10.6. The summed E-state index contributed by atoms with van der Waals surface area (Å²) >= 11 is 0. The van der Waals surface area contributed by atoms with E-state index < -0.39 is 6.04 Å². The molecule has 1 heterocycles. The van der Waals surface area contributed by atoms with Crippen molar-refractivity contribution in [3.63, 3.8) is 0 Å². The van der Waals surface area contributed by atoms with Crippen molar-refractivity contribution in [3.8, 4) is 0 Å². The third kappa shape index (κ3) is 8.24. The number of nitrogens with one attached hydrogen (secondary N) is 1. The molecular formula is C12H27Cl2N3O3. The van der Waals surface area contributed by atoms with Gasteiger partial charge in [0, 0.05) is 33.3 Å². The van der Waals surface area contributed by atoms with E-state index in [2.05, 4.69) is 24.1 Å². The van der Waals surface area contributed by atoms with Crippen molar-refractivity contribution in [1.82, 2.24) is 10.2 Å². The Kier molecular flexibility index (Phi) is 11.7. The van der Waals surface area contributed by atoms with Crippen LogP contribution < -0.4 is 11.1 Å². The maximum atomic E-state index is 11.5. The number of hydrogen-bond acceptors (Lipinski definition) is 5. The van der Waals surface area contributed by atoms with Crippen LogP contribution in [0.2, 0.25) is 0 Å². The normalized spacial score (nSPS) is 19.4. The number of carbonyl (C=O) groups is 1. The number of halogens is 2. The average molecular weight is 332 g/mol. The second-order valence-corrected chi connectivity index (χ2v) is 5.24. The molecule has 0 aromatic carbocycles. The summed E-state index contributed by atoms with van der Waals surface area (Å²) in [6.45, 7) is 8.35. The minimum absolute atomic E-state index is 0. The predicted octanol–water partition coefficient (Wildman–Crippen LogP) is 0.0307. The van der Waals surface area contributed by atoms with Gasteiger partial charge < -0.3 is 20.5 Å². The summed E-state index contributed by atoms with van der Waals surface area (Å²) in [7, 11) is 1.53. The van der Waals surface area contributed by atoms with Gasteiger partial charge in [0.2, 0.25) is 5.91 Å². The van der Waals surface area contributed by atoms with Crippen LogP contribution in [0.1, 0.15) is 13.8 Å². The summed E-state index contributed by atoms with van der Waals surface area (Å²) in [4.78, 5) is 13.8. The maximum Gasteiger partial charge on any atom is 0.239 e. The highest BCUT2D eigenvalue weighted by Crippen LogP contribution is 2.15. The Hall–Kier alpha value is -0.110. The third-order valence-electron chi connectivity index (χ3n) is 2.91. The van der Waals surface area contributed by atoms with Gasteiger partial charge in [-0.2, -0.15) is 0 Å². The molecule has 0 bridgehead atoms.